The predicted octanol–water partition coefficient (Wildman–Crippen LogP) is 3.21. The summed E-state index contributed by atoms with van der Waals surface area (Å²) in [6.45, 7) is 0.607. The molecule has 1 saturated heterocycles. The number of hydrogen-bond donors (Lipinski definition) is 2. The molecule has 3 aromatic rings. The number of hydrogen-bond acceptors (Lipinski definition) is 7. The Hall–Kier alpha value is -4.18. The maximum atomic E-state index is 12.8. The number of ether oxygens (including phenoxy) is 2. The summed E-state index contributed by atoms with van der Waals surface area (Å²) in [4.78, 5) is 37.9. The van der Waals surface area contributed by atoms with Gasteiger partial charge in [-0.2, -0.15) is 0 Å². The fraction of sp³-hybridized carbons (Fsp3) is 0.280. The highest BCUT2D eigenvalue weighted by molar-refractivity contribution is 5.94. The van der Waals surface area contributed by atoms with E-state index in [0.717, 1.165) is 22.3 Å². The lowest BCUT2D eigenvalue weighted by Crippen LogP contribution is -2.38. The van der Waals surface area contributed by atoms with Crippen molar-refractivity contribution in [1.29, 1.82) is 0 Å². The lowest BCUT2D eigenvalue weighted by molar-refractivity contribution is -0.143. The van der Waals surface area contributed by atoms with Gasteiger partial charge in [0.1, 0.15) is 6.61 Å². The number of carboxylic acids is 1. The van der Waals surface area contributed by atoms with E-state index in [2.05, 4.69) is 22.6 Å². The van der Waals surface area contributed by atoms with E-state index >= 15 is 0 Å². The maximum Gasteiger partial charge on any atom is 0.414 e. The van der Waals surface area contributed by atoms with Crippen LogP contribution in [-0.4, -0.2) is 66.0 Å². The number of fused-ring (bicyclic) bond motifs is 3. The molecule has 1 aromatic heterocycles. The quantitative estimate of drug-likeness (QED) is 0.573. The first-order chi connectivity index (χ1) is 17.0. The standard InChI is InChI=1S/C25H23N3O7/c29-23(28-9-10-33-13-15(12-28)24(30)31)21-11-22(35-27-21)26-25(32)34-14-20-18-7-3-1-5-16(18)17-6-2-4-8-19(17)20/h1-8,11,15,20H,9-10,12-14H2,(H,26,32)(H,30,31). The molecule has 2 amide bonds. The minimum absolute atomic E-state index is 0.00380. The second-order valence-electron chi connectivity index (χ2n) is 8.39. The number of nitrogens with zero attached hydrogens (tertiary/aromatic N) is 2. The molecular formula is C25H23N3O7. The van der Waals surface area contributed by atoms with Crippen molar-refractivity contribution in [2.45, 2.75) is 5.92 Å². The van der Waals surface area contributed by atoms with Crippen LogP contribution >= 0.6 is 0 Å². The van der Waals surface area contributed by atoms with Crippen LogP contribution in [0.3, 0.4) is 0 Å². The van der Waals surface area contributed by atoms with Crippen molar-refractivity contribution < 1.29 is 33.5 Å². The molecule has 2 aromatic carbocycles. The summed E-state index contributed by atoms with van der Waals surface area (Å²) in [7, 11) is 0. The highest BCUT2D eigenvalue weighted by atomic mass is 16.6. The van der Waals surface area contributed by atoms with Crippen LogP contribution in [0.5, 0.6) is 0 Å². The zero-order chi connectivity index (χ0) is 24.4. The molecule has 1 unspecified atom stereocenters. The summed E-state index contributed by atoms with van der Waals surface area (Å²) in [5, 5.41) is 15.4. The van der Waals surface area contributed by atoms with Crippen molar-refractivity contribution in [3.63, 3.8) is 0 Å². The Morgan fingerprint density at radius 1 is 1.09 bits per heavy atom. The van der Waals surface area contributed by atoms with Gasteiger partial charge >= 0.3 is 12.1 Å². The van der Waals surface area contributed by atoms with Gasteiger partial charge < -0.3 is 24.0 Å². The highest BCUT2D eigenvalue weighted by Crippen LogP contribution is 2.44. The molecule has 0 spiro atoms. The maximum absolute atomic E-state index is 12.8. The number of carboxylic acid groups (broad SMARTS) is 1. The Morgan fingerprint density at radius 3 is 2.46 bits per heavy atom. The summed E-state index contributed by atoms with van der Waals surface area (Å²) in [6.07, 6.45) is -0.740. The molecule has 0 saturated carbocycles. The molecule has 1 atom stereocenters. The van der Waals surface area contributed by atoms with Crippen LogP contribution in [0.2, 0.25) is 0 Å². The number of aromatic nitrogens is 1. The van der Waals surface area contributed by atoms with E-state index in [1.54, 1.807) is 0 Å². The number of rotatable bonds is 5. The van der Waals surface area contributed by atoms with Gasteiger partial charge in [0.2, 0.25) is 5.88 Å². The van der Waals surface area contributed by atoms with Gasteiger partial charge in [-0.15, -0.1) is 0 Å². The van der Waals surface area contributed by atoms with Crippen molar-refractivity contribution in [3.8, 4) is 11.1 Å². The van der Waals surface area contributed by atoms with E-state index in [1.165, 1.54) is 11.0 Å². The Morgan fingerprint density at radius 2 is 1.77 bits per heavy atom. The predicted molar refractivity (Wildman–Crippen MR) is 123 cm³/mol. The monoisotopic (exact) mass is 477 g/mol. The Labute approximate surface area is 200 Å². The molecular weight excluding hydrogens is 454 g/mol. The topological polar surface area (TPSA) is 131 Å². The molecule has 5 rings (SSSR count). The van der Waals surface area contributed by atoms with Gasteiger partial charge in [-0.3, -0.25) is 14.9 Å². The van der Waals surface area contributed by atoms with Gasteiger partial charge in [0, 0.05) is 25.1 Å². The molecule has 0 radical (unpaired) electrons. The first kappa shape index (κ1) is 22.6. The van der Waals surface area contributed by atoms with Crippen LogP contribution in [0.4, 0.5) is 10.7 Å². The molecule has 2 aliphatic rings. The summed E-state index contributed by atoms with van der Waals surface area (Å²) in [5.41, 5.74) is 4.38. The van der Waals surface area contributed by atoms with Crippen molar-refractivity contribution in [3.05, 3.63) is 71.4 Å². The largest absolute Gasteiger partial charge is 0.481 e. The molecule has 0 bridgehead atoms. The average Bonchev–Trinajstić information content (AvgIpc) is 3.35. The lowest BCUT2D eigenvalue weighted by atomic mass is 9.98. The van der Waals surface area contributed by atoms with Gasteiger partial charge in [0.05, 0.1) is 19.1 Å². The summed E-state index contributed by atoms with van der Waals surface area (Å²) in [6, 6.07) is 17.3. The number of nitrogens with one attached hydrogen (secondary N) is 1. The molecule has 1 aliphatic heterocycles. The van der Waals surface area contributed by atoms with Crippen LogP contribution in [0.25, 0.3) is 11.1 Å². The summed E-state index contributed by atoms with van der Waals surface area (Å²) >= 11 is 0. The fourth-order valence-electron chi connectivity index (χ4n) is 4.48. The van der Waals surface area contributed by atoms with Crippen molar-refractivity contribution in [2.75, 3.05) is 38.2 Å². The van der Waals surface area contributed by atoms with Crippen molar-refractivity contribution in [1.82, 2.24) is 10.1 Å². The number of anilines is 1. The zero-order valence-electron chi connectivity index (χ0n) is 18.7. The third-order valence-corrected chi connectivity index (χ3v) is 6.20. The molecule has 35 heavy (non-hydrogen) atoms. The smallest absolute Gasteiger partial charge is 0.414 e. The van der Waals surface area contributed by atoms with Crippen LogP contribution < -0.4 is 5.32 Å². The number of amides is 2. The first-order valence-corrected chi connectivity index (χ1v) is 11.2. The first-order valence-electron chi connectivity index (χ1n) is 11.2. The number of benzene rings is 2. The molecule has 180 valence electrons. The second kappa shape index (κ2) is 9.59. The third-order valence-electron chi connectivity index (χ3n) is 6.20. The molecule has 10 nitrogen and oxygen atoms in total. The number of aliphatic carboxylic acids is 1. The lowest BCUT2D eigenvalue weighted by Gasteiger charge is -2.20. The van der Waals surface area contributed by atoms with Gasteiger partial charge in [-0.1, -0.05) is 53.7 Å². The Bertz CT molecular complexity index is 1230. The molecule has 2 heterocycles. The highest BCUT2D eigenvalue weighted by Gasteiger charge is 2.31. The molecule has 2 N–H and O–H groups in total. The minimum atomic E-state index is -1.04. The van der Waals surface area contributed by atoms with Gasteiger partial charge in [-0.25, -0.2) is 4.79 Å². The van der Waals surface area contributed by atoms with Crippen LogP contribution in [0.1, 0.15) is 27.5 Å². The fourth-order valence-corrected chi connectivity index (χ4v) is 4.48. The van der Waals surface area contributed by atoms with E-state index < -0.39 is 23.9 Å². The van der Waals surface area contributed by atoms with E-state index in [1.807, 2.05) is 36.4 Å². The third kappa shape index (κ3) is 4.60. The van der Waals surface area contributed by atoms with E-state index in [4.69, 9.17) is 14.0 Å². The second-order valence-corrected chi connectivity index (χ2v) is 8.39. The molecule has 1 aliphatic carbocycles. The zero-order valence-corrected chi connectivity index (χ0v) is 18.7. The Kier molecular flexibility index (Phi) is 6.19. The van der Waals surface area contributed by atoms with E-state index in [0.29, 0.717) is 0 Å². The van der Waals surface area contributed by atoms with Crippen molar-refractivity contribution >= 4 is 23.9 Å². The SMILES string of the molecule is O=C(Nc1cc(C(=O)N2CCOCC(C(=O)O)C2)no1)OCC1c2ccccc2-c2ccccc21. The Balaban J connectivity index is 1.21. The van der Waals surface area contributed by atoms with Gasteiger partial charge in [-0.05, 0) is 22.3 Å². The van der Waals surface area contributed by atoms with E-state index in [-0.39, 0.29) is 50.4 Å². The number of carbonyl (C=O) groups is 3. The van der Waals surface area contributed by atoms with Crippen LogP contribution in [0.15, 0.2) is 59.1 Å². The molecule has 1 fully saturated rings. The van der Waals surface area contributed by atoms with Crippen molar-refractivity contribution in [2.24, 2.45) is 5.92 Å². The summed E-state index contributed by atoms with van der Waals surface area (Å²) < 4.78 is 15.8. The normalized spacial score (nSPS) is 17.3. The van der Waals surface area contributed by atoms with Gasteiger partial charge in [0.15, 0.2) is 5.69 Å². The average molecular weight is 477 g/mol. The van der Waals surface area contributed by atoms with Gasteiger partial charge in [0.25, 0.3) is 5.91 Å². The summed E-state index contributed by atoms with van der Waals surface area (Å²) in [5.74, 6) is -2.51. The van der Waals surface area contributed by atoms with Crippen LogP contribution in [-0.2, 0) is 14.3 Å². The molecule has 10 heteroatoms. The number of carbonyl (C=O) groups excluding carboxylic acids is 2. The van der Waals surface area contributed by atoms with Crippen LogP contribution in [0, 0.1) is 5.92 Å². The minimum Gasteiger partial charge on any atom is -0.481 e. The van der Waals surface area contributed by atoms with E-state index in [9.17, 15) is 19.5 Å².